The van der Waals surface area contributed by atoms with E-state index in [1.54, 1.807) is 19.1 Å². The molecular formula is C36H41F6NO2. The molecule has 9 heteroatoms. The maximum absolute atomic E-state index is 13.3. The molecule has 1 saturated heterocycles. The van der Waals surface area contributed by atoms with Crippen LogP contribution in [0.2, 0.25) is 0 Å². The normalized spacial score (nSPS) is 17.7. The van der Waals surface area contributed by atoms with Gasteiger partial charge in [-0.2, -0.15) is 26.3 Å². The molecule has 0 radical (unpaired) electrons. The molecule has 0 aromatic heterocycles. The third kappa shape index (κ3) is 8.69. The number of benzene rings is 3. The molecule has 3 aromatic rings. The molecule has 3 unspecified atom stereocenters. The van der Waals surface area contributed by atoms with Crippen molar-refractivity contribution in [2.45, 2.75) is 83.6 Å². The fourth-order valence-electron chi connectivity index (χ4n) is 6.37. The van der Waals surface area contributed by atoms with Crippen LogP contribution in [0.4, 0.5) is 26.3 Å². The lowest BCUT2D eigenvalue weighted by atomic mass is 9.82. The monoisotopic (exact) mass is 633 g/mol. The molecule has 1 heterocycles. The maximum Gasteiger partial charge on any atom is 0.416 e. The van der Waals surface area contributed by atoms with Gasteiger partial charge < -0.3 is 4.74 Å². The average Bonchev–Trinajstić information content (AvgIpc) is 2.99. The zero-order valence-electron chi connectivity index (χ0n) is 26.1. The summed E-state index contributed by atoms with van der Waals surface area (Å²) in [6.07, 6.45) is -5.85. The zero-order chi connectivity index (χ0) is 32.9. The molecule has 0 saturated carbocycles. The molecule has 0 spiro atoms. The second-order valence-corrected chi connectivity index (χ2v) is 12.3. The Morgan fingerprint density at radius 3 is 1.98 bits per heavy atom. The van der Waals surface area contributed by atoms with Crippen molar-refractivity contribution < 1.29 is 35.9 Å². The number of esters is 1. The van der Waals surface area contributed by atoms with E-state index in [0.29, 0.717) is 24.9 Å². The highest BCUT2D eigenvalue weighted by molar-refractivity contribution is 5.79. The fraction of sp³-hybridized carbons (Fsp3) is 0.472. The minimum Gasteiger partial charge on any atom is -0.466 e. The summed E-state index contributed by atoms with van der Waals surface area (Å²) in [5, 5.41) is 0. The summed E-state index contributed by atoms with van der Waals surface area (Å²) in [4.78, 5) is 15.5. The van der Waals surface area contributed by atoms with E-state index in [9.17, 15) is 31.1 Å². The van der Waals surface area contributed by atoms with E-state index < -0.39 is 29.4 Å². The van der Waals surface area contributed by atoms with Crippen LogP contribution in [0.25, 0.3) is 11.1 Å². The van der Waals surface area contributed by atoms with Crippen LogP contribution in [0.3, 0.4) is 0 Å². The van der Waals surface area contributed by atoms with E-state index in [4.69, 9.17) is 4.74 Å². The number of carbonyl (C=O) groups is 1. The lowest BCUT2D eigenvalue weighted by molar-refractivity contribution is -0.145. The summed E-state index contributed by atoms with van der Waals surface area (Å²) in [6, 6.07) is 16.3. The van der Waals surface area contributed by atoms with Crippen molar-refractivity contribution >= 4 is 5.97 Å². The van der Waals surface area contributed by atoms with E-state index in [1.165, 1.54) is 12.1 Å². The SMILES string of the molecule is CCOC(=O)C(CC(C)C)c1cc(-c2ccc(C(F)(F)F)cc2)cc(C2CCCN(C(CC)c3ccc(C(F)(F)F)cc3)C2)c1. The summed E-state index contributed by atoms with van der Waals surface area (Å²) in [7, 11) is 0. The Labute approximate surface area is 261 Å². The highest BCUT2D eigenvalue weighted by atomic mass is 19.4. The van der Waals surface area contributed by atoms with Crippen molar-refractivity contribution in [3.63, 3.8) is 0 Å². The van der Waals surface area contributed by atoms with Crippen molar-refractivity contribution in [1.29, 1.82) is 0 Å². The molecule has 0 aliphatic carbocycles. The van der Waals surface area contributed by atoms with Gasteiger partial charge in [-0.1, -0.05) is 63.2 Å². The second kappa shape index (κ2) is 14.4. The first kappa shape index (κ1) is 34.5. The van der Waals surface area contributed by atoms with E-state index in [0.717, 1.165) is 65.9 Å². The lowest BCUT2D eigenvalue weighted by Gasteiger charge is -2.39. The molecule has 0 N–H and O–H groups in total. The Hall–Kier alpha value is -3.33. The molecule has 0 bridgehead atoms. The van der Waals surface area contributed by atoms with Crippen LogP contribution in [0.5, 0.6) is 0 Å². The number of likely N-dealkylation sites (tertiary alicyclic amines) is 1. The number of piperidine rings is 1. The summed E-state index contributed by atoms with van der Waals surface area (Å²) in [6.45, 7) is 9.51. The number of rotatable bonds is 10. The van der Waals surface area contributed by atoms with Gasteiger partial charge in [0.2, 0.25) is 0 Å². The molecule has 1 aliphatic rings. The van der Waals surface area contributed by atoms with Crippen LogP contribution < -0.4 is 0 Å². The number of hydrogen-bond donors (Lipinski definition) is 0. The minimum atomic E-state index is -4.45. The van der Waals surface area contributed by atoms with Crippen LogP contribution in [0.1, 0.15) is 99.1 Å². The second-order valence-electron chi connectivity index (χ2n) is 12.3. The van der Waals surface area contributed by atoms with Gasteiger partial charge in [-0.25, -0.2) is 0 Å². The largest absolute Gasteiger partial charge is 0.466 e. The quantitative estimate of drug-likeness (QED) is 0.164. The van der Waals surface area contributed by atoms with Crippen LogP contribution in [-0.4, -0.2) is 30.6 Å². The Morgan fingerprint density at radius 2 is 1.44 bits per heavy atom. The third-order valence-corrected chi connectivity index (χ3v) is 8.58. The Morgan fingerprint density at radius 1 is 0.844 bits per heavy atom. The predicted molar refractivity (Wildman–Crippen MR) is 164 cm³/mol. The van der Waals surface area contributed by atoms with E-state index in [1.807, 2.05) is 39.0 Å². The van der Waals surface area contributed by atoms with Gasteiger partial charge in [0.15, 0.2) is 0 Å². The van der Waals surface area contributed by atoms with Crippen molar-refractivity contribution in [3.05, 3.63) is 94.5 Å². The molecule has 0 amide bonds. The molecule has 244 valence electrons. The van der Waals surface area contributed by atoms with E-state index in [-0.39, 0.29) is 30.5 Å². The number of ether oxygens (including phenoxy) is 1. The smallest absolute Gasteiger partial charge is 0.416 e. The van der Waals surface area contributed by atoms with Crippen LogP contribution in [-0.2, 0) is 21.9 Å². The fourth-order valence-corrected chi connectivity index (χ4v) is 6.37. The first-order valence-electron chi connectivity index (χ1n) is 15.6. The van der Waals surface area contributed by atoms with Crippen LogP contribution >= 0.6 is 0 Å². The number of nitrogens with zero attached hydrogens (tertiary/aromatic N) is 1. The van der Waals surface area contributed by atoms with Crippen molar-refractivity contribution in [2.24, 2.45) is 5.92 Å². The zero-order valence-corrected chi connectivity index (χ0v) is 26.1. The molecule has 3 atom stereocenters. The van der Waals surface area contributed by atoms with Crippen molar-refractivity contribution in [1.82, 2.24) is 4.90 Å². The molecule has 3 aromatic carbocycles. The molecular weight excluding hydrogens is 592 g/mol. The average molecular weight is 634 g/mol. The van der Waals surface area contributed by atoms with Crippen LogP contribution in [0, 0.1) is 5.92 Å². The third-order valence-electron chi connectivity index (χ3n) is 8.58. The van der Waals surface area contributed by atoms with Gasteiger partial charge in [-0.05, 0) is 103 Å². The van der Waals surface area contributed by atoms with Gasteiger partial charge in [0.25, 0.3) is 0 Å². The van der Waals surface area contributed by atoms with Crippen molar-refractivity contribution in [3.8, 4) is 11.1 Å². The van der Waals surface area contributed by atoms with Gasteiger partial charge in [0.05, 0.1) is 23.7 Å². The Kier molecular flexibility index (Phi) is 11.1. The van der Waals surface area contributed by atoms with E-state index >= 15 is 0 Å². The number of carbonyl (C=O) groups excluding carboxylic acids is 1. The maximum atomic E-state index is 13.3. The minimum absolute atomic E-state index is 0.0530. The van der Waals surface area contributed by atoms with Gasteiger partial charge >= 0.3 is 18.3 Å². The number of halogens is 6. The van der Waals surface area contributed by atoms with Gasteiger partial charge in [0, 0.05) is 12.6 Å². The number of hydrogen-bond acceptors (Lipinski definition) is 3. The van der Waals surface area contributed by atoms with Gasteiger partial charge in [0.1, 0.15) is 0 Å². The van der Waals surface area contributed by atoms with Crippen LogP contribution in [0.15, 0.2) is 66.7 Å². The van der Waals surface area contributed by atoms with Gasteiger partial charge in [-0.3, -0.25) is 9.69 Å². The Balaban J connectivity index is 1.72. The molecule has 3 nitrogen and oxygen atoms in total. The van der Waals surface area contributed by atoms with E-state index in [2.05, 4.69) is 4.90 Å². The van der Waals surface area contributed by atoms with Crippen molar-refractivity contribution in [2.75, 3.05) is 19.7 Å². The van der Waals surface area contributed by atoms with Gasteiger partial charge in [-0.15, -0.1) is 0 Å². The molecule has 1 aliphatic heterocycles. The topological polar surface area (TPSA) is 29.5 Å². The first-order valence-corrected chi connectivity index (χ1v) is 15.6. The molecule has 1 fully saturated rings. The summed E-state index contributed by atoms with van der Waals surface area (Å²) in [5.41, 5.74) is 2.49. The Bertz CT molecular complexity index is 1410. The highest BCUT2D eigenvalue weighted by Gasteiger charge is 2.33. The standard InChI is InChI=1S/C36H41F6NO2/c1-5-33(25-11-15-31(16-12-25)36(40,41)42)43-17-7-8-26(22-43)28-19-27(24-9-13-30(14-10-24)35(37,38)39)20-29(21-28)32(18-23(3)4)34(44)45-6-2/h9-16,19-21,23,26,32-33H,5-8,17-18,22H2,1-4H3. The molecule has 45 heavy (non-hydrogen) atoms. The lowest BCUT2D eigenvalue weighted by Crippen LogP contribution is -2.37. The first-order chi connectivity index (χ1) is 21.2. The number of alkyl halides is 6. The molecule has 4 rings (SSSR count). The highest BCUT2D eigenvalue weighted by Crippen LogP contribution is 2.39. The summed E-state index contributed by atoms with van der Waals surface area (Å²) in [5.74, 6) is -0.622. The summed E-state index contributed by atoms with van der Waals surface area (Å²) < 4.78 is 84.9. The predicted octanol–water partition coefficient (Wildman–Crippen LogP) is 10.4. The summed E-state index contributed by atoms with van der Waals surface area (Å²) >= 11 is 0.